The van der Waals surface area contributed by atoms with Crippen LogP contribution < -0.4 is 9.64 Å². The summed E-state index contributed by atoms with van der Waals surface area (Å²) in [7, 11) is 0. The van der Waals surface area contributed by atoms with Crippen LogP contribution in [0.4, 0.5) is 5.82 Å². The van der Waals surface area contributed by atoms with E-state index in [2.05, 4.69) is 11.9 Å². The average Bonchev–Trinajstić information content (AvgIpc) is 3.10. The predicted molar refractivity (Wildman–Crippen MR) is 120 cm³/mol. The van der Waals surface area contributed by atoms with Crippen molar-refractivity contribution in [1.29, 1.82) is 0 Å². The summed E-state index contributed by atoms with van der Waals surface area (Å²) in [5.74, 6) is 1.02. The monoisotopic (exact) mass is 432 g/mol. The lowest BCUT2D eigenvalue weighted by molar-refractivity contribution is -0.131. The van der Waals surface area contributed by atoms with E-state index in [1.807, 2.05) is 49.4 Å². The van der Waals surface area contributed by atoms with E-state index in [0.29, 0.717) is 18.0 Å². The van der Waals surface area contributed by atoms with Crippen LogP contribution in [0.15, 0.2) is 53.8 Å². The number of ether oxygens (including phenoxy) is 2. The Morgan fingerprint density at radius 1 is 1.12 bits per heavy atom. The second-order valence-corrected chi connectivity index (χ2v) is 8.79. The summed E-state index contributed by atoms with van der Waals surface area (Å²) in [6.45, 7) is 4.55. The van der Waals surface area contributed by atoms with E-state index in [9.17, 15) is 9.59 Å². The van der Waals surface area contributed by atoms with Crippen molar-refractivity contribution in [3.8, 4) is 5.75 Å². The molecule has 1 aromatic heterocycles. The molecule has 6 heteroatoms. The molecular formula is C26H28N2O4. The number of hydrogen-bond acceptors (Lipinski definition) is 5. The lowest BCUT2D eigenvalue weighted by atomic mass is 9.77. The molecule has 0 bridgehead atoms. The van der Waals surface area contributed by atoms with Crippen LogP contribution >= 0.6 is 0 Å². The van der Waals surface area contributed by atoms with Crippen molar-refractivity contribution in [2.75, 3.05) is 11.5 Å². The number of benzene rings is 1. The first-order valence-corrected chi connectivity index (χ1v) is 11.5. The van der Waals surface area contributed by atoms with Gasteiger partial charge in [-0.1, -0.05) is 31.5 Å². The van der Waals surface area contributed by atoms with Crippen LogP contribution in [-0.2, 0) is 14.3 Å². The minimum Gasteiger partial charge on any atom is -0.494 e. The molecule has 1 fully saturated rings. The normalized spacial score (nSPS) is 24.8. The fourth-order valence-corrected chi connectivity index (χ4v) is 5.05. The molecule has 166 valence electrons. The van der Waals surface area contributed by atoms with Crippen molar-refractivity contribution in [3.05, 3.63) is 65.1 Å². The summed E-state index contributed by atoms with van der Waals surface area (Å²) >= 11 is 0. The summed E-state index contributed by atoms with van der Waals surface area (Å²) in [6.07, 6.45) is 4.35. The molecule has 3 unspecified atom stereocenters. The smallest absolute Gasteiger partial charge is 0.295 e. The molecule has 0 saturated heterocycles. The number of Topliss-reactive ketones (excluding diaryl/α,β-unsaturated/α-hetero) is 1. The third-order valence-electron chi connectivity index (χ3n) is 6.53. The number of hydrogen-bond donors (Lipinski definition) is 0. The molecule has 3 aliphatic rings. The summed E-state index contributed by atoms with van der Waals surface area (Å²) in [5, 5.41) is 0. The maximum Gasteiger partial charge on any atom is 0.295 e. The molecule has 0 radical (unpaired) electrons. The molecule has 32 heavy (non-hydrogen) atoms. The van der Waals surface area contributed by atoms with Crippen LogP contribution in [0, 0.1) is 12.8 Å². The number of carbonyl (C=O) groups is 2. The van der Waals surface area contributed by atoms with Gasteiger partial charge in [0.2, 0.25) is 0 Å². The van der Waals surface area contributed by atoms with E-state index in [1.54, 1.807) is 4.90 Å². The second-order valence-electron chi connectivity index (χ2n) is 8.79. The van der Waals surface area contributed by atoms with Crippen LogP contribution in [0.3, 0.4) is 0 Å². The van der Waals surface area contributed by atoms with Crippen molar-refractivity contribution >= 4 is 17.5 Å². The molecule has 6 nitrogen and oxygen atoms in total. The molecule has 1 amide bonds. The molecule has 5 rings (SSSR count). The maximum absolute atomic E-state index is 13.7. The number of anilines is 1. The number of pyridine rings is 1. The van der Waals surface area contributed by atoms with Crippen molar-refractivity contribution in [2.24, 2.45) is 5.92 Å². The van der Waals surface area contributed by atoms with Gasteiger partial charge in [0.15, 0.2) is 11.5 Å². The average molecular weight is 433 g/mol. The highest BCUT2D eigenvalue weighted by Gasteiger charge is 2.52. The topological polar surface area (TPSA) is 68.7 Å². The van der Waals surface area contributed by atoms with E-state index >= 15 is 0 Å². The number of aromatic nitrogens is 1. The van der Waals surface area contributed by atoms with Gasteiger partial charge in [0.05, 0.1) is 24.1 Å². The van der Waals surface area contributed by atoms with E-state index in [-0.39, 0.29) is 29.5 Å². The third kappa shape index (κ3) is 3.48. The van der Waals surface area contributed by atoms with Crippen LogP contribution in [0.25, 0.3) is 0 Å². The molecule has 1 aromatic carbocycles. The largest absolute Gasteiger partial charge is 0.494 e. The number of carbonyl (C=O) groups excluding carboxylic acids is 2. The highest BCUT2D eigenvalue weighted by atomic mass is 16.5. The van der Waals surface area contributed by atoms with Crippen molar-refractivity contribution < 1.29 is 19.1 Å². The van der Waals surface area contributed by atoms with Gasteiger partial charge in [-0.15, -0.1) is 0 Å². The van der Waals surface area contributed by atoms with Gasteiger partial charge in [-0.25, -0.2) is 4.98 Å². The molecule has 0 N–H and O–H groups in total. The van der Waals surface area contributed by atoms with E-state index in [0.717, 1.165) is 49.1 Å². The molecule has 1 saturated carbocycles. The minimum atomic E-state index is -0.577. The molecule has 1 aliphatic carbocycles. The van der Waals surface area contributed by atoms with Gasteiger partial charge in [0.1, 0.15) is 17.7 Å². The first-order chi connectivity index (χ1) is 15.6. The Balaban J connectivity index is 1.63. The highest BCUT2D eigenvalue weighted by Crippen LogP contribution is 2.48. The summed E-state index contributed by atoms with van der Waals surface area (Å²) < 4.78 is 12.1. The van der Waals surface area contributed by atoms with Gasteiger partial charge < -0.3 is 9.47 Å². The summed E-state index contributed by atoms with van der Waals surface area (Å²) in [4.78, 5) is 33.6. The fraction of sp³-hybridized carbons (Fsp3) is 0.423. The Hall–Kier alpha value is -3.15. The lowest BCUT2D eigenvalue weighted by Gasteiger charge is -2.35. The number of fused-ring (bicyclic) bond motifs is 1. The van der Waals surface area contributed by atoms with Crippen LogP contribution in [0.2, 0.25) is 0 Å². The van der Waals surface area contributed by atoms with Crippen molar-refractivity contribution in [1.82, 2.24) is 4.98 Å². The van der Waals surface area contributed by atoms with E-state index < -0.39 is 6.04 Å². The quantitative estimate of drug-likeness (QED) is 0.686. The Morgan fingerprint density at radius 3 is 2.75 bits per heavy atom. The van der Waals surface area contributed by atoms with Crippen molar-refractivity contribution in [2.45, 2.75) is 58.1 Å². The molecule has 2 aromatic rings. The van der Waals surface area contributed by atoms with Crippen LogP contribution in [-0.4, -0.2) is 29.4 Å². The van der Waals surface area contributed by atoms with E-state index in [1.165, 1.54) is 0 Å². The Bertz CT molecular complexity index is 1090. The van der Waals surface area contributed by atoms with Gasteiger partial charge >= 0.3 is 0 Å². The number of ketones is 1. The van der Waals surface area contributed by atoms with Gasteiger partial charge in [0.25, 0.3) is 5.91 Å². The molecular weight excluding hydrogens is 404 g/mol. The first-order valence-electron chi connectivity index (χ1n) is 11.5. The zero-order chi connectivity index (χ0) is 22.2. The Labute approximate surface area is 188 Å². The maximum atomic E-state index is 13.7. The number of amides is 1. The zero-order valence-electron chi connectivity index (χ0n) is 18.5. The summed E-state index contributed by atoms with van der Waals surface area (Å²) in [6, 6.07) is 12.7. The Kier molecular flexibility index (Phi) is 5.45. The van der Waals surface area contributed by atoms with Gasteiger partial charge in [0, 0.05) is 5.69 Å². The number of rotatable bonds is 5. The molecule has 3 atom stereocenters. The molecule has 2 aliphatic heterocycles. The van der Waals surface area contributed by atoms with Crippen LogP contribution in [0.1, 0.15) is 56.3 Å². The summed E-state index contributed by atoms with van der Waals surface area (Å²) in [5.41, 5.74) is 2.10. The van der Waals surface area contributed by atoms with Gasteiger partial charge in [-0.3, -0.25) is 14.5 Å². The highest BCUT2D eigenvalue weighted by molar-refractivity contribution is 6.17. The Morgan fingerprint density at radius 2 is 1.94 bits per heavy atom. The third-order valence-corrected chi connectivity index (χ3v) is 6.53. The van der Waals surface area contributed by atoms with Gasteiger partial charge in [-0.2, -0.15) is 0 Å². The molecule has 3 heterocycles. The van der Waals surface area contributed by atoms with Crippen molar-refractivity contribution in [3.63, 3.8) is 0 Å². The lowest BCUT2D eigenvalue weighted by Crippen LogP contribution is -2.39. The first kappa shape index (κ1) is 20.7. The zero-order valence-corrected chi connectivity index (χ0v) is 18.5. The number of aryl methyl sites for hydroxylation is 1. The second kappa shape index (κ2) is 8.41. The number of nitrogens with zero attached hydrogens (tertiary/aromatic N) is 2. The SMILES string of the molecule is CCCOc1cccc(C2C3=C(OC4CCCCC4C3=O)C(=O)N2c2cccc(C)n2)c1. The fourth-order valence-electron chi connectivity index (χ4n) is 5.05. The standard InChI is InChI=1S/C26H28N2O4/c1-3-14-31-18-10-7-9-17(15-18)23-22-24(29)19-11-4-5-12-20(19)32-25(22)26(30)28(23)21-13-6-8-16(2)27-21/h6-10,13,15,19-20,23H,3-5,11-12,14H2,1-2H3. The molecule has 0 spiro atoms. The van der Waals surface area contributed by atoms with Crippen LogP contribution in [0.5, 0.6) is 5.75 Å². The minimum absolute atomic E-state index is 0.0457. The predicted octanol–water partition coefficient (Wildman–Crippen LogP) is 4.68. The van der Waals surface area contributed by atoms with E-state index in [4.69, 9.17) is 9.47 Å². The van der Waals surface area contributed by atoms with Gasteiger partial charge in [-0.05, 0) is 62.4 Å².